The predicted molar refractivity (Wildman–Crippen MR) is 82.9 cm³/mol. The number of anilines is 1. The largest absolute Gasteiger partial charge is 0.467 e. The topological polar surface area (TPSA) is 51.2 Å². The number of amides is 1. The molecule has 0 saturated heterocycles. The molecule has 1 aromatic heterocycles. The number of pyridine rings is 1. The molecule has 0 spiro atoms. The Hall–Kier alpha value is -1.80. The predicted octanol–water partition coefficient (Wildman–Crippen LogP) is 4.69. The van der Waals surface area contributed by atoms with Gasteiger partial charge in [-0.1, -0.05) is 33.6 Å². The zero-order valence-electron chi connectivity index (χ0n) is 11.3. The summed E-state index contributed by atoms with van der Waals surface area (Å²) in [4.78, 5) is 15.7. The van der Waals surface area contributed by atoms with E-state index in [2.05, 4.69) is 31.0 Å². The van der Waals surface area contributed by atoms with Crippen LogP contribution in [0.2, 0.25) is 5.02 Å². The normalized spacial score (nSPS) is 11.2. The molecule has 1 amide bonds. The third-order valence-electron chi connectivity index (χ3n) is 2.52. The molecular weight excluding hydrogens is 401 g/mol. The fraction of sp³-hybridized carbons (Fsp3) is 0.143. The highest BCUT2D eigenvalue weighted by Gasteiger charge is 2.29. The molecule has 0 aliphatic heterocycles. The molecule has 9 heteroatoms. The van der Waals surface area contributed by atoms with Crippen LogP contribution in [0.4, 0.5) is 18.9 Å². The van der Waals surface area contributed by atoms with Gasteiger partial charge in [0.1, 0.15) is 5.02 Å². The smallest absolute Gasteiger partial charge is 0.422 e. The van der Waals surface area contributed by atoms with Gasteiger partial charge in [0.25, 0.3) is 5.91 Å². The number of nitrogens with zero attached hydrogens (tertiary/aromatic N) is 1. The molecule has 0 fully saturated rings. The van der Waals surface area contributed by atoms with Crippen molar-refractivity contribution >= 4 is 39.1 Å². The van der Waals surface area contributed by atoms with E-state index in [1.807, 2.05) is 0 Å². The van der Waals surface area contributed by atoms with Gasteiger partial charge >= 0.3 is 6.18 Å². The summed E-state index contributed by atoms with van der Waals surface area (Å²) in [6.07, 6.45) is -3.41. The number of rotatable bonds is 4. The lowest BCUT2D eigenvalue weighted by molar-refractivity contribution is -0.154. The van der Waals surface area contributed by atoms with E-state index in [9.17, 15) is 18.0 Å². The highest BCUT2D eigenvalue weighted by atomic mass is 79.9. The van der Waals surface area contributed by atoms with Crippen molar-refractivity contribution < 1.29 is 22.7 Å². The van der Waals surface area contributed by atoms with Gasteiger partial charge in [-0.2, -0.15) is 13.2 Å². The lowest BCUT2D eigenvalue weighted by atomic mass is 10.2. The number of hydrogen-bond acceptors (Lipinski definition) is 3. The van der Waals surface area contributed by atoms with Crippen molar-refractivity contribution in [2.24, 2.45) is 0 Å². The summed E-state index contributed by atoms with van der Waals surface area (Å²) in [5.41, 5.74) is 0.632. The molecule has 2 aromatic rings. The molecule has 0 saturated carbocycles. The summed E-state index contributed by atoms with van der Waals surface area (Å²) >= 11 is 9.06. The highest BCUT2D eigenvalue weighted by molar-refractivity contribution is 9.10. The number of carbonyl (C=O) groups is 1. The second-order valence-corrected chi connectivity index (χ2v) is 5.70. The molecule has 0 bridgehead atoms. The van der Waals surface area contributed by atoms with Crippen LogP contribution < -0.4 is 10.1 Å². The van der Waals surface area contributed by atoms with Crippen LogP contribution in [0.25, 0.3) is 0 Å². The molecule has 0 unspecified atom stereocenters. The fourth-order valence-corrected chi connectivity index (χ4v) is 2.20. The van der Waals surface area contributed by atoms with E-state index in [0.29, 0.717) is 5.69 Å². The molecule has 1 aromatic carbocycles. The first-order valence-corrected chi connectivity index (χ1v) is 7.34. The summed E-state index contributed by atoms with van der Waals surface area (Å²) in [6.45, 7) is -1.51. The number of aromatic nitrogens is 1. The number of nitrogens with one attached hydrogen (secondary N) is 1. The van der Waals surface area contributed by atoms with Crippen LogP contribution in [0, 0.1) is 0 Å². The van der Waals surface area contributed by atoms with Crippen LogP contribution in [-0.4, -0.2) is 23.7 Å². The Kier molecular flexibility index (Phi) is 5.48. The molecule has 0 aliphatic carbocycles. The van der Waals surface area contributed by atoms with Gasteiger partial charge in [-0.15, -0.1) is 0 Å². The van der Waals surface area contributed by atoms with Crippen LogP contribution in [0.15, 0.2) is 41.0 Å². The van der Waals surface area contributed by atoms with Gasteiger partial charge in [0.15, 0.2) is 6.61 Å². The monoisotopic (exact) mass is 408 g/mol. The molecule has 122 valence electrons. The van der Waals surface area contributed by atoms with Gasteiger partial charge in [0, 0.05) is 16.4 Å². The number of benzene rings is 1. The number of alkyl halides is 3. The molecule has 0 atom stereocenters. The summed E-state index contributed by atoms with van der Waals surface area (Å²) in [7, 11) is 0. The van der Waals surface area contributed by atoms with Crippen molar-refractivity contribution in [2.75, 3.05) is 11.9 Å². The Labute approximate surface area is 142 Å². The molecule has 1 N–H and O–H groups in total. The Balaban J connectivity index is 2.08. The van der Waals surface area contributed by atoms with E-state index in [1.165, 1.54) is 6.07 Å². The molecule has 4 nitrogen and oxygen atoms in total. The highest BCUT2D eigenvalue weighted by Crippen LogP contribution is 2.25. The van der Waals surface area contributed by atoms with Gasteiger partial charge in [0.2, 0.25) is 5.88 Å². The molecule has 2 rings (SSSR count). The maximum absolute atomic E-state index is 12.1. The zero-order valence-corrected chi connectivity index (χ0v) is 13.7. The van der Waals surface area contributed by atoms with Crippen molar-refractivity contribution in [3.05, 3.63) is 51.6 Å². The summed E-state index contributed by atoms with van der Waals surface area (Å²) in [5.74, 6) is -0.886. The van der Waals surface area contributed by atoms with Crippen molar-refractivity contribution in [2.45, 2.75) is 6.18 Å². The summed E-state index contributed by atoms with van der Waals surface area (Å²) in [5, 5.41) is 2.43. The summed E-state index contributed by atoms with van der Waals surface area (Å²) < 4.78 is 41.5. The van der Waals surface area contributed by atoms with Crippen molar-refractivity contribution in [3.63, 3.8) is 0 Å². The van der Waals surface area contributed by atoms with E-state index in [1.54, 1.807) is 24.3 Å². The van der Waals surface area contributed by atoms with Crippen molar-refractivity contribution in [3.8, 4) is 5.88 Å². The number of carbonyl (C=O) groups excluding carboxylic acids is 1. The lowest BCUT2D eigenvalue weighted by Gasteiger charge is -2.10. The zero-order chi connectivity index (χ0) is 17.0. The van der Waals surface area contributed by atoms with E-state index >= 15 is 0 Å². The molecule has 0 radical (unpaired) electrons. The molecule has 1 heterocycles. The van der Waals surface area contributed by atoms with Crippen molar-refractivity contribution in [1.82, 2.24) is 4.98 Å². The fourth-order valence-electron chi connectivity index (χ4n) is 1.58. The van der Waals surface area contributed by atoms with E-state index in [-0.39, 0.29) is 16.5 Å². The number of ether oxygens (including phenoxy) is 1. The van der Waals surface area contributed by atoms with Gasteiger partial charge in [-0.3, -0.25) is 4.79 Å². The van der Waals surface area contributed by atoms with Gasteiger partial charge < -0.3 is 10.1 Å². The van der Waals surface area contributed by atoms with Crippen LogP contribution in [0.5, 0.6) is 5.88 Å². The molecule has 0 aliphatic rings. The standard InChI is InChI=1S/C14H9BrClF3N2O2/c15-9-2-1-3-10(5-9)21-12(22)8-4-11(16)13(20-6-8)23-7-14(17,18)19/h1-6H,7H2,(H,21,22). The van der Waals surface area contributed by atoms with E-state index in [0.717, 1.165) is 10.7 Å². The third kappa shape index (κ3) is 5.40. The summed E-state index contributed by atoms with van der Waals surface area (Å²) in [6, 6.07) is 8.08. The Morgan fingerprint density at radius 1 is 1.35 bits per heavy atom. The first-order valence-electron chi connectivity index (χ1n) is 6.16. The van der Waals surface area contributed by atoms with Crippen LogP contribution >= 0.6 is 27.5 Å². The van der Waals surface area contributed by atoms with Gasteiger partial charge in [-0.25, -0.2) is 4.98 Å². The third-order valence-corrected chi connectivity index (χ3v) is 3.29. The van der Waals surface area contributed by atoms with Gasteiger partial charge in [0.05, 0.1) is 5.56 Å². The number of halogens is 5. The first-order chi connectivity index (χ1) is 10.7. The minimum atomic E-state index is -4.50. The lowest BCUT2D eigenvalue weighted by Crippen LogP contribution is -2.20. The molecule has 23 heavy (non-hydrogen) atoms. The van der Waals surface area contributed by atoms with E-state index < -0.39 is 18.7 Å². The maximum atomic E-state index is 12.1. The van der Waals surface area contributed by atoms with Crippen LogP contribution in [0.1, 0.15) is 10.4 Å². The Morgan fingerprint density at radius 3 is 2.70 bits per heavy atom. The van der Waals surface area contributed by atoms with Crippen LogP contribution in [0.3, 0.4) is 0 Å². The quantitative estimate of drug-likeness (QED) is 0.797. The van der Waals surface area contributed by atoms with E-state index in [4.69, 9.17) is 11.6 Å². The second kappa shape index (κ2) is 7.18. The Morgan fingerprint density at radius 2 is 2.09 bits per heavy atom. The molecular formula is C14H9BrClF3N2O2. The number of hydrogen-bond donors (Lipinski definition) is 1. The van der Waals surface area contributed by atoms with Crippen LogP contribution in [-0.2, 0) is 0 Å². The first kappa shape index (κ1) is 17.6. The average Bonchev–Trinajstić information content (AvgIpc) is 2.45. The minimum Gasteiger partial charge on any atom is -0.467 e. The second-order valence-electron chi connectivity index (χ2n) is 4.38. The Bertz CT molecular complexity index is 725. The van der Waals surface area contributed by atoms with Gasteiger partial charge in [-0.05, 0) is 24.3 Å². The SMILES string of the molecule is O=C(Nc1cccc(Br)c1)c1cnc(OCC(F)(F)F)c(Cl)c1. The maximum Gasteiger partial charge on any atom is 0.422 e. The van der Waals surface area contributed by atoms with Crippen molar-refractivity contribution in [1.29, 1.82) is 0 Å². The average molecular weight is 410 g/mol. The minimum absolute atomic E-state index is 0.0920.